The van der Waals surface area contributed by atoms with Crippen molar-refractivity contribution >= 4 is 32.5 Å². The summed E-state index contributed by atoms with van der Waals surface area (Å²) < 4.78 is 27.8. The number of nitrogens with zero attached hydrogens (tertiary/aromatic N) is 1. The molecule has 8 heteroatoms. The zero-order chi connectivity index (χ0) is 19.5. The van der Waals surface area contributed by atoms with E-state index in [1.165, 1.54) is 0 Å². The molecule has 0 amide bonds. The summed E-state index contributed by atoms with van der Waals surface area (Å²) in [5, 5.41) is 19.6. The fourth-order valence-electron chi connectivity index (χ4n) is 4.70. The number of aromatic nitrogens is 2. The van der Waals surface area contributed by atoms with Gasteiger partial charge >= 0.3 is 0 Å². The fraction of sp³-hybridized carbons (Fsp3) is 0.350. The number of aliphatic hydroxyl groups is 1. The van der Waals surface area contributed by atoms with Crippen LogP contribution in [0.3, 0.4) is 0 Å². The van der Waals surface area contributed by atoms with Crippen LogP contribution in [-0.4, -0.2) is 29.8 Å². The van der Waals surface area contributed by atoms with E-state index in [4.69, 9.17) is 11.6 Å². The van der Waals surface area contributed by atoms with Gasteiger partial charge in [0.15, 0.2) is 0 Å². The highest BCUT2D eigenvalue weighted by Crippen LogP contribution is 2.60. The molecule has 0 radical (unpaired) electrons. The number of hydrogen-bond acceptors (Lipinski definition) is 4. The van der Waals surface area contributed by atoms with E-state index in [0.717, 1.165) is 22.0 Å². The molecule has 2 aliphatic carbocycles. The first-order chi connectivity index (χ1) is 13.3. The summed E-state index contributed by atoms with van der Waals surface area (Å²) in [5.41, 5.74) is 1.31. The van der Waals surface area contributed by atoms with Gasteiger partial charge in [0.05, 0.1) is 23.1 Å². The molecular weight excluding hydrogens is 398 g/mol. The Balaban J connectivity index is 1.31. The highest BCUT2D eigenvalue weighted by molar-refractivity contribution is 7.88. The highest BCUT2D eigenvalue weighted by Gasteiger charge is 2.62. The van der Waals surface area contributed by atoms with E-state index in [-0.39, 0.29) is 23.6 Å². The average molecular weight is 418 g/mol. The van der Waals surface area contributed by atoms with Crippen molar-refractivity contribution in [2.75, 3.05) is 0 Å². The zero-order valence-electron chi connectivity index (χ0n) is 15.0. The Morgan fingerprint density at radius 2 is 1.93 bits per heavy atom. The number of hydrogen-bond donors (Lipinski definition) is 3. The third-order valence-corrected chi connectivity index (χ3v) is 7.58. The molecule has 2 aliphatic rings. The van der Waals surface area contributed by atoms with Crippen molar-refractivity contribution in [2.24, 2.45) is 11.8 Å². The first-order valence-corrected chi connectivity index (χ1v) is 11.3. The van der Waals surface area contributed by atoms with Crippen molar-refractivity contribution in [3.05, 3.63) is 64.8 Å². The summed E-state index contributed by atoms with van der Waals surface area (Å²) in [6, 6.07) is 12.6. The Morgan fingerprint density at radius 1 is 1.21 bits per heavy atom. The van der Waals surface area contributed by atoms with Crippen LogP contribution in [0.15, 0.2) is 48.7 Å². The summed E-state index contributed by atoms with van der Waals surface area (Å²) in [5.74, 6) is 0.241. The lowest BCUT2D eigenvalue weighted by atomic mass is 9.86. The van der Waals surface area contributed by atoms with Crippen molar-refractivity contribution in [3.63, 3.8) is 0 Å². The van der Waals surface area contributed by atoms with E-state index in [2.05, 4.69) is 14.9 Å². The van der Waals surface area contributed by atoms with Crippen molar-refractivity contribution in [2.45, 2.75) is 30.2 Å². The second kappa shape index (κ2) is 6.29. The predicted molar refractivity (Wildman–Crippen MR) is 107 cm³/mol. The van der Waals surface area contributed by atoms with Crippen LogP contribution < -0.4 is 4.72 Å². The summed E-state index contributed by atoms with van der Waals surface area (Å²) in [7, 11) is -3.42. The van der Waals surface area contributed by atoms with Crippen molar-refractivity contribution in [1.29, 1.82) is 0 Å². The largest absolute Gasteiger partial charge is 0.385 e. The van der Waals surface area contributed by atoms with E-state index < -0.39 is 15.6 Å². The van der Waals surface area contributed by atoms with Gasteiger partial charge in [-0.2, -0.15) is 5.10 Å². The van der Waals surface area contributed by atoms with Gasteiger partial charge in [0, 0.05) is 16.5 Å². The Kier molecular flexibility index (Phi) is 4.07. The molecule has 3 aromatic rings. The topological polar surface area (TPSA) is 95.1 Å². The molecule has 0 aliphatic heterocycles. The van der Waals surface area contributed by atoms with Crippen LogP contribution in [0, 0.1) is 11.8 Å². The lowest BCUT2D eigenvalue weighted by molar-refractivity contribution is 0.0303. The Morgan fingerprint density at radius 3 is 2.64 bits per heavy atom. The monoisotopic (exact) mass is 417 g/mol. The lowest BCUT2D eigenvalue weighted by Crippen LogP contribution is -2.34. The number of benzene rings is 2. The molecule has 6 nitrogen and oxygen atoms in total. The molecule has 2 unspecified atom stereocenters. The molecule has 1 aromatic heterocycles. The third kappa shape index (κ3) is 3.12. The van der Waals surface area contributed by atoms with Crippen LogP contribution >= 0.6 is 11.6 Å². The minimum Gasteiger partial charge on any atom is -0.385 e. The zero-order valence-corrected chi connectivity index (χ0v) is 16.5. The number of rotatable bonds is 5. The summed E-state index contributed by atoms with van der Waals surface area (Å²) in [6.45, 7) is 0. The van der Waals surface area contributed by atoms with Gasteiger partial charge in [0.1, 0.15) is 0 Å². The average Bonchev–Trinajstić information content (AvgIpc) is 3.03. The fourth-order valence-corrected chi connectivity index (χ4v) is 6.40. The third-order valence-electron chi connectivity index (χ3n) is 6.02. The highest BCUT2D eigenvalue weighted by atomic mass is 35.5. The van der Waals surface area contributed by atoms with E-state index in [1.54, 1.807) is 30.5 Å². The van der Waals surface area contributed by atoms with Crippen LogP contribution in [0.25, 0.3) is 10.9 Å². The lowest BCUT2D eigenvalue weighted by Gasteiger charge is -2.27. The molecule has 2 fully saturated rings. The van der Waals surface area contributed by atoms with Crippen LogP contribution in [-0.2, 0) is 21.4 Å². The Labute approximate surface area is 168 Å². The smallest absolute Gasteiger partial charge is 0.216 e. The van der Waals surface area contributed by atoms with Gasteiger partial charge in [-0.15, -0.1) is 0 Å². The molecule has 146 valence electrons. The number of fused-ring (bicyclic) bond motifs is 2. The Bertz CT molecular complexity index is 1130. The van der Waals surface area contributed by atoms with Crippen molar-refractivity contribution in [3.8, 4) is 0 Å². The van der Waals surface area contributed by atoms with E-state index in [1.807, 2.05) is 18.2 Å². The maximum Gasteiger partial charge on any atom is 0.216 e. The van der Waals surface area contributed by atoms with Crippen molar-refractivity contribution in [1.82, 2.24) is 14.9 Å². The first kappa shape index (κ1) is 18.1. The van der Waals surface area contributed by atoms with Gasteiger partial charge < -0.3 is 5.11 Å². The molecule has 28 heavy (non-hydrogen) atoms. The molecule has 1 heterocycles. The number of nitrogens with one attached hydrogen (secondary N) is 2. The van der Waals surface area contributed by atoms with Gasteiger partial charge in [-0.3, -0.25) is 5.10 Å². The molecule has 0 spiro atoms. The second-order valence-electron chi connectivity index (χ2n) is 7.94. The van der Waals surface area contributed by atoms with Gasteiger partial charge in [-0.05, 0) is 47.9 Å². The normalized spacial score (nSPS) is 29.1. The molecule has 2 atom stereocenters. The summed E-state index contributed by atoms with van der Waals surface area (Å²) in [6.07, 6.45) is 2.72. The number of sulfonamides is 1. The van der Waals surface area contributed by atoms with Gasteiger partial charge in [-0.1, -0.05) is 41.9 Å². The molecular formula is C20H20ClN3O3S. The molecule has 0 bridgehead atoms. The maximum absolute atomic E-state index is 12.5. The molecule has 2 saturated carbocycles. The van der Waals surface area contributed by atoms with Crippen LogP contribution in [0.5, 0.6) is 0 Å². The SMILES string of the molecule is O=S(=O)(Cc1ccccc1)NC1C2CC(O)(c3cc(Cl)cc4[nH]ncc34)CC21. The molecule has 2 aromatic carbocycles. The van der Waals surface area contributed by atoms with Crippen molar-refractivity contribution < 1.29 is 13.5 Å². The summed E-state index contributed by atoms with van der Waals surface area (Å²) in [4.78, 5) is 0. The van der Waals surface area contributed by atoms with Gasteiger partial charge in [-0.25, -0.2) is 13.1 Å². The van der Waals surface area contributed by atoms with E-state index in [0.29, 0.717) is 17.9 Å². The first-order valence-electron chi connectivity index (χ1n) is 9.24. The maximum atomic E-state index is 12.5. The standard InChI is InChI=1S/C20H20ClN3O3S/c21-13-6-17(16-10-22-23-18(16)7-13)20(25)8-14-15(9-20)19(14)24-28(26,27)11-12-4-2-1-3-5-12/h1-7,10,14-15,19,24-25H,8-9,11H2,(H,22,23). The van der Waals surface area contributed by atoms with E-state index in [9.17, 15) is 13.5 Å². The van der Waals surface area contributed by atoms with Gasteiger partial charge in [0.2, 0.25) is 10.0 Å². The predicted octanol–water partition coefficient (Wildman–Crippen LogP) is 2.93. The van der Waals surface area contributed by atoms with E-state index >= 15 is 0 Å². The minimum atomic E-state index is -3.42. The van der Waals surface area contributed by atoms with Crippen LogP contribution in [0.4, 0.5) is 0 Å². The summed E-state index contributed by atoms with van der Waals surface area (Å²) >= 11 is 6.21. The second-order valence-corrected chi connectivity index (χ2v) is 10.1. The van der Waals surface area contributed by atoms with Gasteiger partial charge in [0.25, 0.3) is 0 Å². The molecule has 5 rings (SSSR count). The quantitative estimate of drug-likeness (QED) is 0.594. The molecule has 0 saturated heterocycles. The molecule has 3 N–H and O–H groups in total. The number of aromatic amines is 1. The number of halogens is 1. The minimum absolute atomic E-state index is 0.0298. The van der Waals surface area contributed by atoms with Crippen LogP contribution in [0.2, 0.25) is 5.02 Å². The van der Waals surface area contributed by atoms with Crippen LogP contribution in [0.1, 0.15) is 24.0 Å². The number of H-pyrrole nitrogens is 1. The Hall–Kier alpha value is -1.93.